The lowest BCUT2D eigenvalue weighted by Crippen LogP contribution is -2.14. The Labute approximate surface area is 144 Å². The molecule has 0 spiro atoms. The number of hydrogen-bond acceptors (Lipinski definition) is 1. The van der Waals surface area contributed by atoms with E-state index < -0.39 is 59.4 Å². The second kappa shape index (κ2) is 7.47. The molecule has 2 aromatic rings. The van der Waals surface area contributed by atoms with Gasteiger partial charge in [0.1, 0.15) is 6.17 Å². The summed E-state index contributed by atoms with van der Waals surface area (Å²) in [6.07, 6.45) is -13.0. The molecule has 0 aliphatic rings. The van der Waals surface area contributed by atoms with Crippen LogP contribution in [-0.2, 0) is 12.4 Å². The van der Waals surface area contributed by atoms with E-state index in [1.54, 1.807) is 0 Å². The van der Waals surface area contributed by atoms with Crippen LogP contribution >= 0.6 is 0 Å². The van der Waals surface area contributed by atoms with Crippen molar-refractivity contribution < 1.29 is 35.5 Å². The van der Waals surface area contributed by atoms with E-state index in [1.807, 2.05) is 0 Å². The Bertz CT molecular complexity index is 778. The molecule has 0 amide bonds. The summed E-state index contributed by atoms with van der Waals surface area (Å²) in [5.74, 6) is -0.981. The first kappa shape index (κ1) is 19.9. The highest BCUT2D eigenvalue weighted by molar-refractivity contribution is 5.97. The lowest BCUT2D eigenvalue weighted by molar-refractivity contribution is -0.139. The van der Waals surface area contributed by atoms with Crippen LogP contribution in [0.15, 0.2) is 48.5 Å². The Balaban J connectivity index is 2.17. The predicted octanol–water partition coefficient (Wildman–Crippen LogP) is 6.40. The maximum atomic E-state index is 14.3. The third-order valence-electron chi connectivity index (χ3n) is 3.76. The summed E-state index contributed by atoms with van der Waals surface area (Å²) in [6.45, 7) is 0. The number of benzene rings is 2. The maximum Gasteiger partial charge on any atom is 0.417 e. The fourth-order valence-corrected chi connectivity index (χ4v) is 2.55. The summed E-state index contributed by atoms with van der Waals surface area (Å²) in [4.78, 5) is 12.0. The normalized spacial score (nSPS) is 13.5. The standard InChI is InChI=1S/C18H13F7O/c19-15(11-5-1-3-7-13(11)17(20,21)22)9-10-16(26)12-6-2-4-8-14(12)18(23,24)25/h1-8,15H,9-10H2. The predicted molar refractivity (Wildman–Crippen MR) is 80.3 cm³/mol. The van der Waals surface area contributed by atoms with Gasteiger partial charge in [0.15, 0.2) is 5.78 Å². The van der Waals surface area contributed by atoms with Gasteiger partial charge in [0.05, 0.1) is 11.1 Å². The lowest BCUT2D eigenvalue weighted by atomic mass is 9.95. The van der Waals surface area contributed by atoms with Crippen molar-refractivity contribution in [2.75, 3.05) is 0 Å². The Kier molecular flexibility index (Phi) is 5.73. The quantitative estimate of drug-likeness (QED) is 0.435. The van der Waals surface area contributed by atoms with Gasteiger partial charge >= 0.3 is 12.4 Å². The molecular formula is C18H13F7O. The Morgan fingerprint density at radius 1 is 0.808 bits per heavy atom. The van der Waals surface area contributed by atoms with Crippen LogP contribution in [0, 0.1) is 0 Å². The summed E-state index contributed by atoms with van der Waals surface area (Å²) in [5.41, 5.74) is -3.60. The highest BCUT2D eigenvalue weighted by Gasteiger charge is 2.36. The molecule has 1 atom stereocenters. The van der Waals surface area contributed by atoms with Crippen molar-refractivity contribution in [3.63, 3.8) is 0 Å². The largest absolute Gasteiger partial charge is 0.417 e. The van der Waals surface area contributed by atoms with Gasteiger partial charge in [-0.25, -0.2) is 4.39 Å². The van der Waals surface area contributed by atoms with Gasteiger partial charge in [-0.3, -0.25) is 4.79 Å². The molecular weight excluding hydrogens is 365 g/mol. The van der Waals surface area contributed by atoms with Gasteiger partial charge in [0.25, 0.3) is 0 Å². The number of alkyl halides is 7. The van der Waals surface area contributed by atoms with Crippen LogP contribution < -0.4 is 0 Å². The van der Waals surface area contributed by atoms with E-state index >= 15 is 0 Å². The third-order valence-corrected chi connectivity index (χ3v) is 3.76. The Morgan fingerprint density at radius 3 is 1.88 bits per heavy atom. The van der Waals surface area contributed by atoms with E-state index in [1.165, 1.54) is 12.1 Å². The van der Waals surface area contributed by atoms with Gasteiger partial charge in [-0.15, -0.1) is 0 Å². The van der Waals surface area contributed by atoms with Crippen LogP contribution in [0.3, 0.4) is 0 Å². The van der Waals surface area contributed by atoms with Gasteiger partial charge in [0.2, 0.25) is 0 Å². The molecule has 0 heterocycles. The zero-order chi connectivity index (χ0) is 19.5. The smallest absolute Gasteiger partial charge is 0.294 e. The van der Waals surface area contributed by atoms with E-state index in [-0.39, 0.29) is 0 Å². The van der Waals surface area contributed by atoms with E-state index in [9.17, 15) is 35.5 Å². The van der Waals surface area contributed by atoms with Gasteiger partial charge in [-0.2, -0.15) is 26.3 Å². The van der Waals surface area contributed by atoms with E-state index in [2.05, 4.69) is 0 Å². The van der Waals surface area contributed by atoms with Crippen molar-refractivity contribution in [1.82, 2.24) is 0 Å². The second-order valence-electron chi connectivity index (χ2n) is 5.56. The van der Waals surface area contributed by atoms with E-state index in [0.717, 1.165) is 30.3 Å². The SMILES string of the molecule is O=C(CCC(F)c1ccccc1C(F)(F)F)c1ccccc1C(F)(F)F. The minimum Gasteiger partial charge on any atom is -0.294 e. The average molecular weight is 378 g/mol. The number of carbonyl (C=O) groups is 1. The molecule has 0 saturated heterocycles. The van der Waals surface area contributed by atoms with Gasteiger partial charge in [0, 0.05) is 12.0 Å². The first-order valence-corrected chi connectivity index (χ1v) is 7.51. The molecule has 0 saturated carbocycles. The highest BCUT2D eigenvalue weighted by Crippen LogP contribution is 2.38. The zero-order valence-corrected chi connectivity index (χ0v) is 13.2. The zero-order valence-electron chi connectivity index (χ0n) is 13.2. The second-order valence-corrected chi connectivity index (χ2v) is 5.56. The minimum atomic E-state index is -4.77. The van der Waals surface area contributed by atoms with Crippen molar-refractivity contribution in [3.8, 4) is 0 Å². The van der Waals surface area contributed by atoms with E-state index in [0.29, 0.717) is 6.07 Å². The highest BCUT2D eigenvalue weighted by atomic mass is 19.4. The number of Topliss-reactive ketones (excluding diaryl/α,β-unsaturated/α-hetero) is 1. The van der Waals surface area contributed by atoms with Crippen molar-refractivity contribution in [1.29, 1.82) is 0 Å². The van der Waals surface area contributed by atoms with Gasteiger partial charge < -0.3 is 0 Å². The molecule has 2 aromatic carbocycles. The van der Waals surface area contributed by atoms with Crippen LogP contribution in [0.4, 0.5) is 30.7 Å². The minimum absolute atomic E-state index is 0.628. The molecule has 0 radical (unpaired) electrons. The molecule has 1 nitrogen and oxygen atoms in total. The Morgan fingerprint density at radius 2 is 1.31 bits per heavy atom. The van der Waals surface area contributed by atoms with Crippen molar-refractivity contribution >= 4 is 5.78 Å². The molecule has 8 heteroatoms. The number of hydrogen-bond donors (Lipinski definition) is 0. The summed E-state index contributed by atoms with van der Waals surface area (Å²) in [5, 5.41) is 0. The van der Waals surface area contributed by atoms with Crippen LogP contribution in [0.2, 0.25) is 0 Å². The third kappa shape index (κ3) is 4.62. The number of rotatable bonds is 5. The molecule has 0 fully saturated rings. The number of carbonyl (C=O) groups excluding carboxylic acids is 1. The van der Waals surface area contributed by atoms with Crippen molar-refractivity contribution in [3.05, 3.63) is 70.8 Å². The van der Waals surface area contributed by atoms with Crippen molar-refractivity contribution in [2.45, 2.75) is 31.4 Å². The summed E-state index contributed by atoms with van der Waals surface area (Å²) >= 11 is 0. The first-order valence-electron chi connectivity index (χ1n) is 7.51. The van der Waals surface area contributed by atoms with Crippen LogP contribution in [0.25, 0.3) is 0 Å². The molecule has 1 unspecified atom stereocenters. The van der Waals surface area contributed by atoms with Gasteiger partial charge in [-0.1, -0.05) is 36.4 Å². The molecule has 0 aromatic heterocycles. The first-order chi connectivity index (χ1) is 12.0. The molecule has 0 bridgehead atoms. The number of halogens is 7. The molecule has 26 heavy (non-hydrogen) atoms. The number of ketones is 1. The molecule has 140 valence electrons. The fraction of sp³-hybridized carbons (Fsp3) is 0.278. The molecule has 0 aliphatic carbocycles. The summed E-state index contributed by atoms with van der Waals surface area (Å²) < 4.78 is 91.7. The van der Waals surface area contributed by atoms with Crippen LogP contribution in [0.5, 0.6) is 0 Å². The molecule has 0 N–H and O–H groups in total. The average Bonchev–Trinajstić information content (AvgIpc) is 2.58. The summed E-state index contributed by atoms with van der Waals surface area (Å²) in [6, 6.07) is 8.00. The maximum absolute atomic E-state index is 14.3. The Hall–Kier alpha value is -2.38. The van der Waals surface area contributed by atoms with Crippen LogP contribution in [0.1, 0.15) is 46.1 Å². The van der Waals surface area contributed by atoms with Crippen molar-refractivity contribution in [2.24, 2.45) is 0 Å². The van der Waals surface area contributed by atoms with Crippen LogP contribution in [-0.4, -0.2) is 5.78 Å². The fourth-order valence-electron chi connectivity index (χ4n) is 2.55. The van der Waals surface area contributed by atoms with E-state index in [4.69, 9.17) is 0 Å². The molecule has 0 aliphatic heterocycles. The topological polar surface area (TPSA) is 17.1 Å². The molecule has 2 rings (SSSR count). The van der Waals surface area contributed by atoms with Gasteiger partial charge in [-0.05, 0) is 24.1 Å². The monoisotopic (exact) mass is 378 g/mol. The summed E-state index contributed by atoms with van der Waals surface area (Å²) in [7, 11) is 0. The lowest BCUT2D eigenvalue weighted by Gasteiger charge is -2.16.